The fourth-order valence-corrected chi connectivity index (χ4v) is 1.12. The summed E-state index contributed by atoms with van der Waals surface area (Å²) < 4.78 is 4.98. The van der Waals surface area contributed by atoms with Crippen molar-refractivity contribution in [1.82, 2.24) is 0 Å². The van der Waals surface area contributed by atoms with Crippen LogP contribution in [0.4, 0.5) is 0 Å². The second-order valence-electron chi connectivity index (χ2n) is 3.13. The largest absolute Gasteiger partial charge is 0.427 e. The number of hydrogen-bond acceptors (Lipinski definition) is 3. The number of benzene rings is 1. The monoisotopic (exact) mass is 206 g/mol. The molecule has 0 saturated heterocycles. The van der Waals surface area contributed by atoms with Crippen LogP contribution in [0, 0.1) is 0 Å². The van der Waals surface area contributed by atoms with E-state index in [4.69, 9.17) is 4.74 Å². The number of ether oxygens (including phenoxy) is 1. The number of hydrogen-bond donors (Lipinski definition) is 0. The van der Waals surface area contributed by atoms with Crippen molar-refractivity contribution >= 4 is 11.8 Å². The maximum atomic E-state index is 11.3. The molecule has 0 atom stereocenters. The maximum absolute atomic E-state index is 11.3. The van der Waals surface area contributed by atoms with Gasteiger partial charge in [-0.1, -0.05) is 13.8 Å². The fourth-order valence-electron chi connectivity index (χ4n) is 1.12. The number of carbonyl (C=O) groups excluding carboxylic acids is 2. The first kappa shape index (κ1) is 11.4. The molecule has 3 heteroatoms. The molecule has 0 aliphatic heterocycles. The molecule has 0 aromatic heterocycles. The average Bonchev–Trinajstić information content (AvgIpc) is 2.29. The molecule has 0 N–H and O–H groups in total. The lowest BCUT2D eigenvalue weighted by molar-refractivity contribution is -0.134. The molecule has 0 saturated carbocycles. The molecular formula is C12H14O3. The summed E-state index contributed by atoms with van der Waals surface area (Å²) in [4.78, 5) is 22.3. The zero-order chi connectivity index (χ0) is 11.3. The van der Waals surface area contributed by atoms with Crippen LogP contribution in [0.3, 0.4) is 0 Å². The molecular weight excluding hydrogens is 192 g/mol. The lowest BCUT2D eigenvalue weighted by Crippen LogP contribution is -2.05. The highest BCUT2D eigenvalue weighted by Gasteiger charge is 2.04. The molecule has 0 aliphatic rings. The molecule has 3 nitrogen and oxygen atoms in total. The number of rotatable bonds is 4. The second kappa shape index (κ2) is 5.29. The minimum Gasteiger partial charge on any atom is -0.427 e. The van der Waals surface area contributed by atoms with E-state index < -0.39 is 0 Å². The summed E-state index contributed by atoms with van der Waals surface area (Å²) in [7, 11) is 0. The van der Waals surface area contributed by atoms with Gasteiger partial charge in [-0.3, -0.25) is 9.59 Å². The van der Waals surface area contributed by atoms with Crippen LogP contribution in [0.1, 0.15) is 37.0 Å². The Morgan fingerprint density at radius 2 is 1.67 bits per heavy atom. The van der Waals surface area contributed by atoms with Gasteiger partial charge in [0, 0.05) is 18.4 Å². The molecule has 15 heavy (non-hydrogen) atoms. The summed E-state index contributed by atoms with van der Waals surface area (Å²) >= 11 is 0. The Bertz CT molecular complexity index is 352. The maximum Gasteiger partial charge on any atom is 0.310 e. The number of esters is 1. The summed E-state index contributed by atoms with van der Waals surface area (Å²) in [6.07, 6.45) is 0.823. The van der Waals surface area contributed by atoms with Crippen LogP contribution in [0.2, 0.25) is 0 Å². The van der Waals surface area contributed by atoms with Crippen LogP contribution < -0.4 is 4.74 Å². The number of ketones is 1. The normalized spacial score (nSPS) is 9.73. The van der Waals surface area contributed by atoms with Gasteiger partial charge in [-0.25, -0.2) is 0 Å². The van der Waals surface area contributed by atoms with Crippen molar-refractivity contribution in [3.63, 3.8) is 0 Å². The van der Waals surface area contributed by atoms with E-state index in [9.17, 15) is 9.59 Å². The van der Waals surface area contributed by atoms with Gasteiger partial charge in [-0.2, -0.15) is 0 Å². The van der Waals surface area contributed by atoms with E-state index in [0.29, 0.717) is 24.2 Å². The van der Waals surface area contributed by atoms with Gasteiger partial charge in [0.25, 0.3) is 0 Å². The predicted octanol–water partition coefficient (Wildman–Crippen LogP) is 2.59. The first-order chi connectivity index (χ1) is 7.17. The number of Topliss-reactive ketones (excluding diaryl/α,β-unsaturated/α-hetero) is 1. The third kappa shape index (κ3) is 3.20. The summed E-state index contributed by atoms with van der Waals surface area (Å²) in [5.41, 5.74) is 0.647. The SMILES string of the molecule is CCC(=O)Oc1ccc(C(=O)CC)cc1. The topological polar surface area (TPSA) is 43.4 Å². The van der Waals surface area contributed by atoms with Crippen LogP contribution in [-0.2, 0) is 4.79 Å². The van der Waals surface area contributed by atoms with Crippen LogP contribution in [-0.4, -0.2) is 11.8 Å². The zero-order valence-corrected chi connectivity index (χ0v) is 8.95. The van der Waals surface area contributed by atoms with Gasteiger partial charge in [0.2, 0.25) is 0 Å². The molecule has 0 fully saturated rings. The molecule has 0 radical (unpaired) electrons. The quantitative estimate of drug-likeness (QED) is 0.432. The lowest BCUT2D eigenvalue weighted by atomic mass is 10.1. The van der Waals surface area contributed by atoms with Gasteiger partial charge >= 0.3 is 5.97 Å². The van der Waals surface area contributed by atoms with Crippen molar-refractivity contribution in [3.05, 3.63) is 29.8 Å². The first-order valence-corrected chi connectivity index (χ1v) is 5.01. The molecule has 0 aliphatic carbocycles. The summed E-state index contributed by atoms with van der Waals surface area (Å²) in [5, 5.41) is 0. The third-order valence-corrected chi connectivity index (χ3v) is 2.02. The molecule has 1 rings (SSSR count). The van der Waals surface area contributed by atoms with Crippen LogP contribution in [0.15, 0.2) is 24.3 Å². The minimum absolute atomic E-state index is 0.0865. The Labute approximate surface area is 89.1 Å². The molecule has 1 aromatic rings. The average molecular weight is 206 g/mol. The third-order valence-electron chi connectivity index (χ3n) is 2.02. The summed E-state index contributed by atoms with van der Waals surface area (Å²) in [6, 6.07) is 6.61. The molecule has 0 spiro atoms. The molecule has 0 bridgehead atoms. The Kier molecular flexibility index (Phi) is 4.03. The zero-order valence-electron chi connectivity index (χ0n) is 8.95. The molecule has 0 amide bonds. The van der Waals surface area contributed by atoms with E-state index >= 15 is 0 Å². The lowest BCUT2D eigenvalue weighted by Gasteiger charge is -2.03. The van der Waals surface area contributed by atoms with Gasteiger partial charge in [0.05, 0.1) is 0 Å². The molecule has 80 valence electrons. The van der Waals surface area contributed by atoms with Gasteiger partial charge in [-0.15, -0.1) is 0 Å². The van der Waals surface area contributed by atoms with Crippen molar-refractivity contribution in [1.29, 1.82) is 0 Å². The highest BCUT2D eigenvalue weighted by atomic mass is 16.5. The Morgan fingerprint density at radius 3 is 2.13 bits per heavy atom. The van der Waals surface area contributed by atoms with Crippen LogP contribution in [0.25, 0.3) is 0 Å². The standard InChI is InChI=1S/C12H14O3/c1-3-11(13)9-5-7-10(8-6-9)15-12(14)4-2/h5-8H,3-4H2,1-2H3. The van der Waals surface area contributed by atoms with E-state index in [-0.39, 0.29) is 11.8 Å². The molecule has 0 unspecified atom stereocenters. The number of carbonyl (C=O) groups is 2. The van der Waals surface area contributed by atoms with Crippen LogP contribution in [0.5, 0.6) is 5.75 Å². The van der Waals surface area contributed by atoms with Crippen molar-refractivity contribution < 1.29 is 14.3 Å². The molecule has 1 aromatic carbocycles. The van der Waals surface area contributed by atoms with Crippen molar-refractivity contribution in [2.75, 3.05) is 0 Å². The first-order valence-electron chi connectivity index (χ1n) is 5.01. The Balaban J connectivity index is 2.72. The molecule has 0 heterocycles. The van der Waals surface area contributed by atoms with E-state index in [1.807, 2.05) is 6.92 Å². The van der Waals surface area contributed by atoms with Gasteiger partial charge in [0.15, 0.2) is 5.78 Å². The van der Waals surface area contributed by atoms with Gasteiger partial charge in [-0.05, 0) is 24.3 Å². The smallest absolute Gasteiger partial charge is 0.310 e. The van der Waals surface area contributed by atoms with Crippen LogP contribution >= 0.6 is 0 Å². The Hall–Kier alpha value is -1.64. The van der Waals surface area contributed by atoms with E-state index in [0.717, 1.165) is 0 Å². The van der Waals surface area contributed by atoms with E-state index in [1.54, 1.807) is 31.2 Å². The highest BCUT2D eigenvalue weighted by Crippen LogP contribution is 2.13. The summed E-state index contributed by atoms with van der Waals surface area (Å²) in [5.74, 6) is 0.294. The second-order valence-corrected chi connectivity index (χ2v) is 3.13. The minimum atomic E-state index is -0.274. The van der Waals surface area contributed by atoms with Gasteiger partial charge < -0.3 is 4.74 Å². The highest BCUT2D eigenvalue weighted by molar-refractivity contribution is 5.95. The van der Waals surface area contributed by atoms with Crippen molar-refractivity contribution in [3.8, 4) is 5.75 Å². The Morgan fingerprint density at radius 1 is 1.07 bits per heavy atom. The van der Waals surface area contributed by atoms with E-state index in [2.05, 4.69) is 0 Å². The van der Waals surface area contributed by atoms with Crippen molar-refractivity contribution in [2.24, 2.45) is 0 Å². The summed E-state index contributed by atoms with van der Waals surface area (Å²) in [6.45, 7) is 3.55. The predicted molar refractivity (Wildman–Crippen MR) is 57.0 cm³/mol. The van der Waals surface area contributed by atoms with E-state index in [1.165, 1.54) is 0 Å². The van der Waals surface area contributed by atoms with Gasteiger partial charge in [0.1, 0.15) is 5.75 Å². The van der Waals surface area contributed by atoms with Crippen molar-refractivity contribution in [2.45, 2.75) is 26.7 Å². The fraction of sp³-hybridized carbons (Fsp3) is 0.333.